The van der Waals surface area contributed by atoms with Gasteiger partial charge in [-0.15, -0.1) is 0 Å². The largest absolute Gasteiger partial charge is 0.379 e. The Bertz CT molecular complexity index is 399. The third-order valence-corrected chi connectivity index (χ3v) is 3.35. The molecule has 92 valence electrons. The quantitative estimate of drug-likeness (QED) is 0.911. The molecule has 2 rings (SSSR count). The van der Waals surface area contributed by atoms with Gasteiger partial charge in [-0.3, -0.25) is 4.79 Å². The molecule has 0 radical (unpaired) electrons. The second-order valence-electron chi connectivity index (χ2n) is 3.98. The van der Waals surface area contributed by atoms with Crippen LogP contribution in [0.1, 0.15) is 23.2 Å². The Morgan fingerprint density at radius 3 is 3.00 bits per heavy atom. The van der Waals surface area contributed by atoms with E-state index in [0.29, 0.717) is 11.1 Å². The van der Waals surface area contributed by atoms with Crippen LogP contribution in [0, 0.1) is 5.82 Å². The van der Waals surface area contributed by atoms with E-state index in [1.165, 1.54) is 6.07 Å². The van der Waals surface area contributed by atoms with Crippen LogP contribution in [0.5, 0.6) is 0 Å². The van der Waals surface area contributed by atoms with Crippen LogP contribution < -0.4 is 5.32 Å². The second-order valence-corrected chi connectivity index (χ2v) is 4.84. The lowest BCUT2D eigenvalue weighted by molar-refractivity contribution is 0.0622. The fourth-order valence-electron chi connectivity index (χ4n) is 1.83. The topological polar surface area (TPSA) is 38.3 Å². The fourth-order valence-corrected chi connectivity index (χ4v) is 2.35. The van der Waals surface area contributed by atoms with Crippen LogP contribution in [0.25, 0.3) is 0 Å². The molecule has 1 aliphatic rings. The zero-order valence-electron chi connectivity index (χ0n) is 9.21. The Morgan fingerprint density at radius 2 is 2.35 bits per heavy atom. The van der Waals surface area contributed by atoms with Crippen molar-refractivity contribution in [3.63, 3.8) is 0 Å². The molecule has 1 aliphatic heterocycles. The molecule has 1 atom stereocenters. The van der Waals surface area contributed by atoms with Crippen LogP contribution in [-0.2, 0) is 4.74 Å². The fraction of sp³-hybridized carbons (Fsp3) is 0.417. The molecule has 17 heavy (non-hydrogen) atoms. The van der Waals surface area contributed by atoms with E-state index in [1.807, 2.05) is 0 Å². The number of amides is 1. The predicted molar refractivity (Wildman–Crippen MR) is 65.4 cm³/mol. The minimum Gasteiger partial charge on any atom is -0.379 e. The third-order valence-electron chi connectivity index (χ3n) is 2.69. The molecule has 1 fully saturated rings. The number of rotatable bonds is 2. The van der Waals surface area contributed by atoms with Crippen molar-refractivity contribution in [2.24, 2.45) is 0 Å². The highest BCUT2D eigenvalue weighted by molar-refractivity contribution is 9.10. The molecular weight excluding hydrogens is 289 g/mol. The molecule has 1 aromatic rings. The van der Waals surface area contributed by atoms with Gasteiger partial charge in [-0.2, -0.15) is 0 Å². The molecule has 0 aromatic heterocycles. The first-order chi connectivity index (χ1) is 8.18. The standard InChI is InChI=1S/C12H13BrFNO2/c13-9-4-1-5-10(14)11(9)12(16)15-8-3-2-6-17-7-8/h1,4-5,8H,2-3,6-7H2,(H,15,16)/t8-/m0/s1. The monoisotopic (exact) mass is 301 g/mol. The number of ether oxygens (including phenoxy) is 1. The Labute approximate surface area is 107 Å². The lowest BCUT2D eigenvalue weighted by Gasteiger charge is -2.23. The lowest BCUT2D eigenvalue weighted by Crippen LogP contribution is -2.41. The van der Waals surface area contributed by atoms with E-state index < -0.39 is 11.7 Å². The average Bonchev–Trinajstić information content (AvgIpc) is 2.30. The summed E-state index contributed by atoms with van der Waals surface area (Å²) in [6.07, 6.45) is 1.79. The molecule has 0 saturated carbocycles. The van der Waals surface area contributed by atoms with Crippen molar-refractivity contribution >= 4 is 21.8 Å². The van der Waals surface area contributed by atoms with Gasteiger partial charge in [0.25, 0.3) is 5.91 Å². The highest BCUT2D eigenvalue weighted by Crippen LogP contribution is 2.20. The summed E-state index contributed by atoms with van der Waals surface area (Å²) in [6.45, 7) is 1.23. The summed E-state index contributed by atoms with van der Waals surface area (Å²) in [5.74, 6) is -0.918. The van der Waals surface area contributed by atoms with Crippen molar-refractivity contribution in [1.29, 1.82) is 0 Å². The van der Waals surface area contributed by atoms with E-state index in [4.69, 9.17) is 4.74 Å². The number of carbonyl (C=O) groups is 1. The van der Waals surface area contributed by atoms with Gasteiger partial charge in [-0.1, -0.05) is 6.07 Å². The van der Waals surface area contributed by atoms with Gasteiger partial charge in [-0.05, 0) is 40.9 Å². The number of carbonyl (C=O) groups excluding carboxylic acids is 1. The minimum absolute atomic E-state index is 0.0252. The van der Waals surface area contributed by atoms with Crippen LogP contribution in [-0.4, -0.2) is 25.2 Å². The smallest absolute Gasteiger partial charge is 0.255 e. The first-order valence-electron chi connectivity index (χ1n) is 5.51. The van der Waals surface area contributed by atoms with Crippen LogP contribution in [0.15, 0.2) is 22.7 Å². The second kappa shape index (κ2) is 5.60. The normalized spacial score (nSPS) is 20.0. The predicted octanol–water partition coefficient (Wildman–Crippen LogP) is 2.50. The van der Waals surface area contributed by atoms with Crippen molar-refractivity contribution < 1.29 is 13.9 Å². The summed E-state index contributed by atoms with van der Waals surface area (Å²) in [6, 6.07) is 4.45. The van der Waals surface area contributed by atoms with E-state index in [1.54, 1.807) is 12.1 Å². The summed E-state index contributed by atoms with van der Waals surface area (Å²) in [7, 11) is 0. The summed E-state index contributed by atoms with van der Waals surface area (Å²) in [5.41, 5.74) is 0.0538. The van der Waals surface area contributed by atoms with Crippen molar-refractivity contribution in [2.45, 2.75) is 18.9 Å². The number of hydrogen-bond donors (Lipinski definition) is 1. The van der Waals surface area contributed by atoms with E-state index in [2.05, 4.69) is 21.2 Å². The molecular formula is C12H13BrFNO2. The van der Waals surface area contributed by atoms with Crippen molar-refractivity contribution in [1.82, 2.24) is 5.32 Å². The molecule has 3 nitrogen and oxygen atoms in total. The SMILES string of the molecule is O=C(N[C@H]1CCCOC1)c1c(F)cccc1Br. The summed E-state index contributed by atoms with van der Waals surface area (Å²) < 4.78 is 19.3. The third kappa shape index (κ3) is 3.04. The maximum atomic E-state index is 13.5. The number of benzene rings is 1. The van der Waals surface area contributed by atoms with E-state index in [0.717, 1.165) is 19.4 Å². The molecule has 1 saturated heterocycles. The molecule has 0 unspecified atom stereocenters. The van der Waals surface area contributed by atoms with Crippen LogP contribution in [0.3, 0.4) is 0 Å². The minimum atomic E-state index is -0.520. The van der Waals surface area contributed by atoms with Gasteiger partial charge in [0.1, 0.15) is 5.82 Å². The van der Waals surface area contributed by atoms with Crippen molar-refractivity contribution in [3.05, 3.63) is 34.1 Å². The Balaban J connectivity index is 2.08. The number of hydrogen-bond acceptors (Lipinski definition) is 2. The van der Waals surface area contributed by atoms with Gasteiger partial charge in [-0.25, -0.2) is 4.39 Å². The van der Waals surface area contributed by atoms with Gasteiger partial charge in [0.05, 0.1) is 18.2 Å². The summed E-state index contributed by atoms with van der Waals surface area (Å²) in [4.78, 5) is 11.9. The maximum Gasteiger partial charge on any atom is 0.255 e. The Hall–Kier alpha value is -0.940. The maximum absolute atomic E-state index is 13.5. The van der Waals surface area contributed by atoms with Gasteiger partial charge in [0, 0.05) is 11.1 Å². The van der Waals surface area contributed by atoms with Gasteiger partial charge < -0.3 is 10.1 Å². The Kier molecular flexibility index (Phi) is 4.12. The van der Waals surface area contributed by atoms with Crippen LogP contribution >= 0.6 is 15.9 Å². The highest BCUT2D eigenvalue weighted by atomic mass is 79.9. The molecule has 1 N–H and O–H groups in total. The molecule has 0 spiro atoms. The zero-order chi connectivity index (χ0) is 12.3. The lowest BCUT2D eigenvalue weighted by atomic mass is 10.1. The first kappa shape index (κ1) is 12.5. The molecule has 5 heteroatoms. The molecule has 1 aromatic carbocycles. The summed E-state index contributed by atoms with van der Waals surface area (Å²) in [5, 5.41) is 2.78. The molecule has 0 aliphatic carbocycles. The summed E-state index contributed by atoms with van der Waals surface area (Å²) >= 11 is 3.18. The van der Waals surface area contributed by atoms with Gasteiger partial charge in [0.15, 0.2) is 0 Å². The molecule has 0 bridgehead atoms. The highest BCUT2D eigenvalue weighted by Gasteiger charge is 2.20. The van der Waals surface area contributed by atoms with Crippen LogP contribution in [0.4, 0.5) is 4.39 Å². The van der Waals surface area contributed by atoms with E-state index >= 15 is 0 Å². The van der Waals surface area contributed by atoms with Gasteiger partial charge in [0.2, 0.25) is 0 Å². The molecule has 1 amide bonds. The van der Waals surface area contributed by atoms with E-state index in [-0.39, 0.29) is 11.6 Å². The van der Waals surface area contributed by atoms with Gasteiger partial charge >= 0.3 is 0 Å². The first-order valence-corrected chi connectivity index (χ1v) is 6.30. The van der Waals surface area contributed by atoms with Crippen molar-refractivity contribution in [3.8, 4) is 0 Å². The number of halogens is 2. The average molecular weight is 302 g/mol. The van der Waals surface area contributed by atoms with Crippen LogP contribution in [0.2, 0.25) is 0 Å². The molecule has 1 heterocycles. The Morgan fingerprint density at radius 1 is 1.53 bits per heavy atom. The zero-order valence-corrected chi connectivity index (χ0v) is 10.8. The number of nitrogens with one attached hydrogen (secondary N) is 1. The van der Waals surface area contributed by atoms with E-state index in [9.17, 15) is 9.18 Å². The van der Waals surface area contributed by atoms with Crippen molar-refractivity contribution in [2.75, 3.05) is 13.2 Å².